The van der Waals surface area contributed by atoms with E-state index < -0.39 is 0 Å². The van der Waals surface area contributed by atoms with Crippen LogP contribution in [0.2, 0.25) is 0 Å². The predicted octanol–water partition coefficient (Wildman–Crippen LogP) is 3.42. The third-order valence-electron chi connectivity index (χ3n) is 4.22. The Bertz CT molecular complexity index is 1050. The molecule has 0 spiro atoms. The molecule has 1 N–H and O–H groups in total. The number of rotatable bonds is 1. The summed E-state index contributed by atoms with van der Waals surface area (Å²) in [6, 6.07) is 23.0. The Labute approximate surface area is 126 Å². The van der Waals surface area contributed by atoms with Gasteiger partial charge in [-0.3, -0.25) is 4.57 Å². The smallest absolute Gasteiger partial charge is 0.227 e. The number of hydrogen-bond donors (Lipinski definition) is 1. The number of aromatic amines is 1. The van der Waals surface area contributed by atoms with Gasteiger partial charge >= 0.3 is 0 Å². The molecule has 4 heteroatoms. The van der Waals surface area contributed by atoms with Crippen molar-refractivity contribution in [1.29, 1.82) is 0 Å². The average molecular weight is 286 g/mol. The number of hydrogen-bond acceptors (Lipinski definition) is 2. The van der Waals surface area contributed by atoms with Crippen molar-refractivity contribution in [2.45, 2.75) is 6.67 Å². The van der Waals surface area contributed by atoms with E-state index >= 15 is 0 Å². The third kappa shape index (κ3) is 1.55. The van der Waals surface area contributed by atoms with E-state index in [-0.39, 0.29) is 0 Å². The molecule has 0 radical (unpaired) electrons. The van der Waals surface area contributed by atoms with E-state index in [0.29, 0.717) is 0 Å². The van der Waals surface area contributed by atoms with E-state index in [0.717, 1.165) is 23.5 Å². The second kappa shape index (κ2) is 4.24. The predicted molar refractivity (Wildman–Crippen MR) is 88.3 cm³/mol. The van der Waals surface area contributed by atoms with Crippen LogP contribution in [0.3, 0.4) is 0 Å². The number of H-pyrrole nitrogens is 1. The van der Waals surface area contributed by atoms with Crippen molar-refractivity contribution in [1.82, 2.24) is 9.55 Å². The molecule has 1 aromatic heterocycles. The summed E-state index contributed by atoms with van der Waals surface area (Å²) >= 11 is 0. The van der Waals surface area contributed by atoms with Gasteiger partial charge in [0.15, 0.2) is 0 Å². The van der Waals surface area contributed by atoms with E-state index in [1.54, 1.807) is 0 Å². The summed E-state index contributed by atoms with van der Waals surface area (Å²) in [5.74, 6) is 0. The molecule has 0 saturated carbocycles. The minimum absolute atomic E-state index is 0.722. The summed E-state index contributed by atoms with van der Waals surface area (Å²) in [7, 11) is 0. The van der Waals surface area contributed by atoms with Gasteiger partial charge in [0.2, 0.25) is 5.62 Å². The number of para-hydroxylation sites is 1. The van der Waals surface area contributed by atoms with Gasteiger partial charge < -0.3 is 4.98 Å². The van der Waals surface area contributed by atoms with Crippen molar-refractivity contribution < 1.29 is 0 Å². The number of nitrogens with zero attached hydrogens (tertiary/aromatic N) is 3. The molecule has 2 heterocycles. The molecular formula is C18H14N4. The zero-order chi connectivity index (χ0) is 14.5. The van der Waals surface area contributed by atoms with Crippen molar-refractivity contribution in [3.8, 4) is 0 Å². The van der Waals surface area contributed by atoms with Crippen LogP contribution in [0.4, 0.5) is 5.69 Å². The van der Waals surface area contributed by atoms with Crippen LogP contribution < -0.4 is 10.6 Å². The highest BCUT2D eigenvalue weighted by atomic mass is 15.6. The zero-order valence-electron chi connectivity index (χ0n) is 11.9. The van der Waals surface area contributed by atoms with Gasteiger partial charge in [-0.2, -0.15) is 0 Å². The Hall–Kier alpha value is -3.01. The lowest BCUT2D eigenvalue weighted by Gasteiger charge is -2.15. The van der Waals surface area contributed by atoms with E-state index in [1.807, 2.05) is 23.2 Å². The minimum Gasteiger partial charge on any atom is -0.324 e. The van der Waals surface area contributed by atoms with Gasteiger partial charge in [0.1, 0.15) is 6.67 Å². The van der Waals surface area contributed by atoms with Crippen LogP contribution in [0.25, 0.3) is 21.8 Å². The normalized spacial score (nSPS) is 13.5. The van der Waals surface area contributed by atoms with E-state index in [1.165, 1.54) is 16.3 Å². The first-order chi connectivity index (χ1) is 10.9. The van der Waals surface area contributed by atoms with Crippen LogP contribution in [0.15, 0.2) is 71.8 Å². The fourth-order valence-corrected chi connectivity index (χ4v) is 3.19. The standard InChI is InChI=1S/C18H14N4/c1-2-8-14(9-3-1)22-12-21-16-11-5-7-13-6-4-10-15(17(13)16)19-18(21)20-22/h1-11H,12H2,(H,19,20). The second-order valence-electron chi connectivity index (χ2n) is 5.53. The molecule has 0 atom stereocenters. The van der Waals surface area contributed by atoms with E-state index in [9.17, 15) is 0 Å². The summed E-state index contributed by atoms with van der Waals surface area (Å²) in [6.07, 6.45) is 0. The summed E-state index contributed by atoms with van der Waals surface area (Å²) < 4.78 is 2.22. The number of fused-ring (bicyclic) bond motifs is 2. The van der Waals surface area contributed by atoms with Crippen LogP contribution >= 0.6 is 0 Å². The zero-order valence-corrected chi connectivity index (χ0v) is 11.9. The molecule has 0 bridgehead atoms. The number of benzene rings is 3. The van der Waals surface area contributed by atoms with Crippen molar-refractivity contribution in [3.63, 3.8) is 0 Å². The Morgan fingerprint density at radius 3 is 2.55 bits per heavy atom. The van der Waals surface area contributed by atoms with Gasteiger partial charge in [-0.05, 0) is 29.7 Å². The molecule has 0 amide bonds. The lowest BCUT2D eigenvalue weighted by molar-refractivity contribution is 0.727. The number of anilines is 1. The molecule has 3 aromatic carbocycles. The largest absolute Gasteiger partial charge is 0.324 e. The Morgan fingerprint density at radius 1 is 0.864 bits per heavy atom. The first kappa shape index (κ1) is 11.6. The van der Waals surface area contributed by atoms with Gasteiger partial charge in [0.05, 0.1) is 16.7 Å². The second-order valence-corrected chi connectivity index (χ2v) is 5.53. The van der Waals surface area contributed by atoms with Crippen LogP contribution in [0.5, 0.6) is 0 Å². The van der Waals surface area contributed by atoms with Gasteiger partial charge in [-0.1, -0.05) is 42.5 Å². The van der Waals surface area contributed by atoms with Crippen molar-refractivity contribution in [2.24, 2.45) is 5.10 Å². The van der Waals surface area contributed by atoms with Gasteiger partial charge in [0.25, 0.3) is 0 Å². The molecule has 0 fully saturated rings. The first-order valence-corrected chi connectivity index (χ1v) is 7.38. The maximum absolute atomic E-state index is 4.73. The summed E-state index contributed by atoms with van der Waals surface area (Å²) in [5.41, 5.74) is 4.32. The van der Waals surface area contributed by atoms with Crippen LogP contribution in [0.1, 0.15) is 0 Å². The SMILES string of the molecule is c1ccc(N2Cn3c([nH]c4cccc5cccc3c54)=N2)cc1. The summed E-state index contributed by atoms with van der Waals surface area (Å²) in [5, 5.41) is 9.26. The molecule has 4 aromatic rings. The molecule has 0 saturated heterocycles. The molecule has 0 unspecified atom stereocenters. The van der Waals surface area contributed by atoms with Crippen LogP contribution in [-0.2, 0) is 6.67 Å². The molecule has 1 aliphatic rings. The van der Waals surface area contributed by atoms with Crippen molar-refractivity contribution >= 4 is 27.5 Å². The molecule has 22 heavy (non-hydrogen) atoms. The molecule has 0 aliphatic carbocycles. The van der Waals surface area contributed by atoms with E-state index in [2.05, 4.69) is 58.1 Å². The molecule has 5 rings (SSSR count). The summed E-state index contributed by atoms with van der Waals surface area (Å²) in [6.45, 7) is 0.722. The Balaban J connectivity index is 1.80. The number of nitrogens with one attached hydrogen (secondary N) is 1. The van der Waals surface area contributed by atoms with Crippen molar-refractivity contribution in [2.75, 3.05) is 5.01 Å². The quantitative estimate of drug-likeness (QED) is 0.572. The van der Waals surface area contributed by atoms with Gasteiger partial charge in [-0.15, -0.1) is 5.10 Å². The fraction of sp³-hybridized carbons (Fsp3) is 0.0556. The minimum atomic E-state index is 0.722. The lowest BCUT2D eigenvalue weighted by Crippen LogP contribution is -2.21. The average Bonchev–Trinajstić information content (AvgIpc) is 3.00. The summed E-state index contributed by atoms with van der Waals surface area (Å²) in [4.78, 5) is 3.46. The van der Waals surface area contributed by atoms with Crippen LogP contribution in [-0.4, -0.2) is 9.55 Å². The lowest BCUT2D eigenvalue weighted by atomic mass is 10.1. The van der Waals surface area contributed by atoms with Crippen molar-refractivity contribution in [3.05, 3.63) is 72.3 Å². The first-order valence-electron chi connectivity index (χ1n) is 7.38. The Morgan fingerprint density at radius 2 is 1.68 bits per heavy atom. The maximum atomic E-state index is 4.73. The third-order valence-corrected chi connectivity index (χ3v) is 4.22. The maximum Gasteiger partial charge on any atom is 0.227 e. The molecule has 106 valence electrons. The highest BCUT2D eigenvalue weighted by Crippen LogP contribution is 2.26. The van der Waals surface area contributed by atoms with Crippen LogP contribution in [0, 0.1) is 0 Å². The highest BCUT2D eigenvalue weighted by molar-refractivity contribution is 6.06. The van der Waals surface area contributed by atoms with Gasteiger partial charge in [-0.25, -0.2) is 5.01 Å². The Kier molecular flexibility index (Phi) is 2.24. The molecule has 1 aliphatic heterocycles. The molecule has 4 nitrogen and oxygen atoms in total. The van der Waals surface area contributed by atoms with E-state index in [4.69, 9.17) is 5.10 Å². The van der Waals surface area contributed by atoms with Gasteiger partial charge in [0, 0.05) is 5.39 Å². The highest BCUT2D eigenvalue weighted by Gasteiger charge is 2.16. The topological polar surface area (TPSA) is 36.3 Å². The monoisotopic (exact) mass is 286 g/mol. The fourth-order valence-electron chi connectivity index (χ4n) is 3.19. The number of aromatic nitrogens is 2. The molecular weight excluding hydrogens is 272 g/mol.